The summed E-state index contributed by atoms with van der Waals surface area (Å²) < 4.78 is 6.43. The van der Waals surface area contributed by atoms with Crippen molar-refractivity contribution in [3.63, 3.8) is 0 Å². The van der Waals surface area contributed by atoms with Crippen LogP contribution in [0.1, 0.15) is 41.3 Å². The molecule has 0 fully saturated rings. The van der Waals surface area contributed by atoms with Crippen LogP contribution in [-0.2, 0) is 12.8 Å². The fraction of sp³-hybridized carbons (Fsp3) is 0.476. The molecule has 0 amide bonds. The summed E-state index contributed by atoms with van der Waals surface area (Å²) in [5, 5.41) is 13.8. The molecule has 3 rings (SSSR count). The number of ether oxygens (including phenoxy) is 1. The van der Waals surface area contributed by atoms with Gasteiger partial charge in [0.25, 0.3) is 0 Å². The maximum atomic E-state index is 10.3. The lowest BCUT2D eigenvalue weighted by molar-refractivity contribution is 0.0636. The van der Waals surface area contributed by atoms with Gasteiger partial charge in [-0.2, -0.15) is 0 Å². The number of phenols is 1. The number of nitrogens with one attached hydrogen (secondary N) is 1. The first-order valence-corrected chi connectivity index (χ1v) is 9.02. The number of rotatable bonds is 5. The molecule has 2 aromatic rings. The van der Waals surface area contributed by atoms with Gasteiger partial charge < -0.3 is 15.2 Å². The molecule has 0 radical (unpaired) electrons. The van der Waals surface area contributed by atoms with Gasteiger partial charge in [0.15, 0.2) is 0 Å². The molecule has 1 atom stereocenters. The first kappa shape index (κ1) is 17.7. The number of fused-ring (bicyclic) bond motifs is 1. The summed E-state index contributed by atoms with van der Waals surface area (Å²) in [6.07, 6.45) is 4.63. The largest absolute Gasteiger partial charge is 0.507 e. The molecule has 0 aliphatic carbocycles. The van der Waals surface area contributed by atoms with E-state index in [1.54, 1.807) is 0 Å². The van der Waals surface area contributed by atoms with Gasteiger partial charge in [-0.05, 0) is 69.4 Å². The monoisotopic (exact) mass is 340 g/mol. The molecule has 0 spiro atoms. The Bertz CT molecular complexity index is 758. The Labute approximate surface area is 150 Å². The number of phenolic OH excluding ortho intramolecular Hbond substituents is 1. The molecule has 0 bridgehead atoms. The Morgan fingerprint density at radius 3 is 2.72 bits per heavy atom. The summed E-state index contributed by atoms with van der Waals surface area (Å²) >= 11 is 0. The maximum absolute atomic E-state index is 10.3. The second kappa shape index (κ2) is 7.04. The minimum atomic E-state index is -0.224. The van der Waals surface area contributed by atoms with Crippen molar-refractivity contribution in [3.05, 3.63) is 52.3 Å². The van der Waals surface area contributed by atoms with Crippen molar-refractivity contribution in [2.75, 3.05) is 13.1 Å². The summed E-state index contributed by atoms with van der Waals surface area (Å²) in [5.74, 6) is 1.38. The van der Waals surface area contributed by atoms with Gasteiger partial charge >= 0.3 is 0 Å². The zero-order valence-electron chi connectivity index (χ0n) is 15.6. The van der Waals surface area contributed by atoms with Gasteiger partial charge in [-0.15, -0.1) is 0 Å². The highest BCUT2D eigenvalue weighted by Gasteiger charge is 2.34. The minimum absolute atomic E-state index is 0.224. The summed E-state index contributed by atoms with van der Waals surface area (Å²) in [6.45, 7) is 9.83. The van der Waals surface area contributed by atoms with Crippen molar-refractivity contribution in [2.24, 2.45) is 0 Å². The summed E-state index contributed by atoms with van der Waals surface area (Å²) in [7, 11) is 0. The smallest absolute Gasteiger partial charge is 0.127 e. The van der Waals surface area contributed by atoms with E-state index in [-0.39, 0.29) is 5.60 Å². The van der Waals surface area contributed by atoms with Crippen molar-refractivity contribution in [3.8, 4) is 11.5 Å². The Morgan fingerprint density at radius 2 is 2.00 bits per heavy atom. The van der Waals surface area contributed by atoms with Crippen molar-refractivity contribution in [2.45, 2.75) is 52.6 Å². The molecule has 1 unspecified atom stereocenters. The molecular weight excluding hydrogens is 312 g/mol. The average Bonchev–Trinajstić information content (AvgIpc) is 2.63. The predicted octanol–water partition coefficient (Wildman–Crippen LogP) is 3.63. The van der Waals surface area contributed by atoms with Crippen LogP contribution in [0, 0.1) is 20.8 Å². The molecule has 134 valence electrons. The Balaban J connectivity index is 1.65. The van der Waals surface area contributed by atoms with Gasteiger partial charge in [0, 0.05) is 37.0 Å². The highest BCUT2D eigenvalue weighted by Crippen LogP contribution is 2.43. The second-order valence-electron chi connectivity index (χ2n) is 7.33. The quantitative estimate of drug-likeness (QED) is 0.816. The molecule has 2 N–H and O–H groups in total. The molecule has 0 saturated carbocycles. The minimum Gasteiger partial charge on any atom is -0.507 e. The number of benzene rings is 1. The third-order valence-corrected chi connectivity index (χ3v) is 5.38. The fourth-order valence-electron chi connectivity index (χ4n) is 3.53. The summed E-state index contributed by atoms with van der Waals surface area (Å²) in [6, 6.07) is 6.02. The second-order valence-corrected chi connectivity index (χ2v) is 7.33. The van der Waals surface area contributed by atoms with Crippen LogP contribution in [0.4, 0.5) is 0 Å². The first-order chi connectivity index (χ1) is 11.9. The van der Waals surface area contributed by atoms with E-state index in [0.717, 1.165) is 66.0 Å². The van der Waals surface area contributed by atoms with Crippen LogP contribution in [0.5, 0.6) is 11.5 Å². The fourth-order valence-corrected chi connectivity index (χ4v) is 3.53. The lowest BCUT2D eigenvalue weighted by Gasteiger charge is -2.38. The van der Waals surface area contributed by atoms with E-state index in [1.165, 1.54) is 0 Å². The molecular formula is C21H28N2O2. The molecule has 1 aromatic heterocycles. The van der Waals surface area contributed by atoms with E-state index >= 15 is 0 Å². The van der Waals surface area contributed by atoms with Crippen LogP contribution in [0.25, 0.3) is 0 Å². The zero-order valence-corrected chi connectivity index (χ0v) is 15.6. The van der Waals surface area contributed by atoms with Crippen LogP contribution in [-0.4, -0.2) is 28.8 Å². The number of hydrogen-bond donors (Lipinski definition) is 2. The van der Waals surface area contributed by atoms with Crippen molar-refractivity contribution < 1.29 is 9.84 Å². The maximum Gasteiger partial charge on any atom is 0.127 e. The van der Waals surface area contributed by atoms with Gasteiger partial charge in [0.05, 0.1) is 0 Å². The van der Waals surface area contributed by atoms with Crippen molar-refractivity contribution in [1.82, 2.24) is 10.3 Å². The molecule has 1 aromatic carbocycles. The van der Waals surface area contributed by atoms with Crippen LogP contribution >= 0.6 is 0 Å². The summed E-state index contributed by atoms with van der Waals surface area (Å²) in [4.78, 5) is 4.35. The molecule has 4 nitrogen and oxygen atoms in total. The van der Waals surface area contributed by atoms with Gasteiger partial charge in [0.1, 0.15) is 17.1 Å². The highest BCUT2D eigenvalue weighted by atomic mass is 16.5. The predicted molar refractivity (Wildman–Crippen MR) is 100 cm³/mol. The Morgan fingerprint density at radius 1 is 1.20 bits per heavy atom. The average molecular weight is 340 g/mol. The molecule has 1 aliphatic heterocycles. The van der Waals surface area contributed by atoms with Crippen molar-refractivity contribution >= 4 is 0 Å². The number of pyridine rings is 1. The van der Waals surface area contributed by atoms with E-state index in [1.807, 2.05) is 39.1 Å². The lowest BCUT2D eigenvalue weighted by atomic mass is 9.87. The van der Waals surface area contributed by atoms with E-state index in [4.69, 9.17) is 4.74 Å². The highest BCUT2D eigenvalue weighted by molar-refractivity contribution is 5.58. The van der Waals surface area contributed by atoms with Crippen LogP contribution in [0.15, 0.2) is 24.4 Å². The van der Waals surface area contributed by atoms with E-state index in [2.05, 4.69) is 23.3 Å². The van der Waals surface area contributed by atoms with Crippen LogP contribution in [0.3, 0.4) is 0 Å². The van der Waals surface area contributed by atoms with E-state index in [0.29, 0.717) is 5.75 Å². The molecule has 2 heterocycles. The van der Waals surface area contributed by atoms with Gasteiger partial charge in [-0.25, -0.2) is 0 Å². The van der Waals surface area contributed by atoms with E-state index in [9.17, 15) is 5.11 Å². The molecule has 4 heteroatoms. The summed E-state index contributed by atoms with van der Waals surface area (Å²) in [5.41, 5.74) is 4.97. The SMILES string of the molecule is Cc1c(C)c2c(c(C)c1O)CCC(C)(CNCCc1ccccn1)O2. The first-order valence-electron chi connectivity index (χ1n) is 9.02. The van der Waals surface area contributed by atoms with Gasteiger partial charge in [-0.1, -0.05) is 6.07 Å². The third kappa shape index (κ3) is 3.64. The van der Waals surface area contributed by atoms with Gasteiger partial charge in [-0.3, -0.25) is 4.98 Å². The normalized spacial score (nSPS) is 19.4. The van der Waals surface area contributed by atoms with E-state index < -0.39 is 0 Å². The van der Waals surface area contributed by atoms with Crippen molar-refractivity contribution in [1.29, 1.82) is 0 Å². The number of hydrogen-bond acceptors (Lipinski definition) is 4. The molecule has 1 aliphatic rings. The standard InChI is InChI=1S/C21H28N2O2/c1-14-15(2)20-18(16(3)19(14)24)8-10-21(4,25-20)13-22-12-9-17-7-5-6-11-23-17/h5-7,11,22,24H,8-10,12-13H2,1-4H3. The van der Waals surface area contributed by atoms with Gasteiger partial charge in [0.2, 0.25) is 0 Å². The number of aromatic nitrogens is 1. The molecule has 0 saturated heterocycles. The zero-order chi connectivity index (χ0) is 18.0. The number of aromatic hydroxyl groups is 1. The number of nitrogens with zero attached hydrogens (tertiary/aromatic N) is 1. The lowest BCUT2D eigenvalue weighted by Crippen LogP contribution is -2.46. The van der Waals surface area contributed by atoms with Crippen LogP contribution < -0.4 is 10.1 Å². The topological polar surface area (TPSA) is 54.4 Å². The van der Waals surface area contributed by atoms with Crippen LogP contribution in [0.2, 0.25) is 0 Å². The molecule has 25 heavy (non-hydrogen) atoms. The third-order valence-electron chi connectivity index (χ3n) is 5.38. The Hall–Kier alpha value is -2.07. The Kier molecular flexibility index (Phi) is 5.00.